The Morgan fingerprint density at radius 1 is 1.15 bits per heavy atom. The molecule has 104 valence electrons. The molecule has 0 amide bonds. The van der Waals surface area contributed by atoms with Crippen LogP contribution in [0, 0.1) is 0 Å². The summed E-state index contributed by atoms with van der Waals surface area (Å²) in [5.74, 6) is -0.339. The largest absolute Gasteiger partial charge is 0.478 e. The minimum absolute atomic E-state index is 0.318. The molecule has 1 N–H and O–H groups in total. The topological polar surface area (TPSA) is 37.3 Å². The lowest BCUT2D eigenvalue weighted by molar-refractivity contribution is 0.0697. The van der Waals surface area contributed by atoms with Crippen LogP contribution in [-0.2, 0) is 0 Å². The van der Waals surface area contributed by atoms with E-state index < -0.39 is 5.97 Å². The molecule has 2 nitrogen and oxygen atoms in total. The van der Waals surface area contributed by atoms with E-state index >= 15 is 0 Å². The summed E-state index contributed by atoms with van der Waals surface area (Å²) in [6, 6.07) is 11.3. The van der Waals surface area contributed by atoms with Gasteiger partial charge in [-0.1, -0.05) is 32.1 Å². The summed E-state index contributed by atoms with van der Waals surface area (Å²) in [5.41, 5.74) is 2.54. The van der Waals surface area contributed by atoms with Gasteiger partial charge >= 0.3 is 5.97 Å². The number of hydrogen-bond donors (Lipinski definition) is 1. The van der Waals surface area contributed by atoms with Gasteiger partial charge in [0.05, 0.1) is 5.56 Å². The van der Waals surface area contributed by atoms with E-state index in [0.29, 0.717) is 11.5 Å². The van der Waals surface area contributed by atoms with Crippen molar-refractivity contribution in [3.63, 3.8) is 0 Å². The van der Waals surface area contributed by atoms with Crippen LogP contribution in [-0.4, -0.2) is 11.1 Å². The van der Waals surface area contributed by atoms with Crippen LogP contribution in [0.15, 0.2) is 36.4 Å². The minimum Gasteiger partial charge on any atom is -0.478 e. The Bertz CT molecular complexity index is 633. The van der Waals surface area contributed by atoms with Crippen molar-refractivity contribution in [1.29, 1.82) is 0 Å². The van der Waals surface area contributed by atoms with Gasteiger partial charge < -0.3 is 5.11 Å². The molecule has 20 heavy (non-hydrogen) atoms. The summed E-state index contributed by atoms with van der Waals surface area (Å²) in [7, 11) is 0. The highest BCUT2D eigenvalue weighted by atomic mass is 32.1. The zero-order chi connectivity index (χ0) is 14.7. The van der Waals surface area contributed by atoms with Crippen molar-refractivity contribution in [2.75, 3.05) is 0 Å². The second-order valence-corrected chi connectivity index (χ2v) is 6.23. The van der Waals surface area contributed by atoms with Gasteiger partial charge in [0.2, 0.25) is 0 Å². The molecule has 0 bridgehead atoms. The van der Waals surface area contributed by atoms with Gasteiger partial charge in [0.25, 0.3) is 0 Å². The highest BCUT2D eigenvalue weighted by molar-refractivity contribution is 7.13. The number of rotatable bonds is 4. The highest BCUT2D eigenvalue weighted by Gasteiger charge is 2.06. The van der Waals surface area contributed by atoms with E-state index in [9.17, 15) is 4.79 Å². The van der Waals surface area contributed by atoms with Crippen LogP contribution in [0.25, 0.3) is 11.6 Å². The molecule has 2 aromatic rings. The van der Waals surface area contributed by atoms with Crippen LogP contribution in [0.2, 0.25) is 0 Å². The maximum atomic E-state index is 10.8. The number of thiophene rings is 1. The van der Waals surface area contributed by atoms with Crippen molar-refractivity contribution < 1.29 is 9.90 Å². The minimum atomic E-state index is -0.892. The summed E-state index contributed by atoms with van der Waals surface area (Å²) in [4.78, 5) is 13.5. The number of carbonyl (C=O) groups is 1. The van der Waals surface area contributed by atoms with Crippen LogP contribution in [0.4, 0.5) is 0 Å². The number of carboxylic acids is 1. The first-order chi connectivity index (χ1) is 9.47. The van der Waals surface area contributed by atoms with Crippen molar-refractivity contribution in [3.8, 4) is 0 Å². The number of aromatic carboxylic acids is 1. The van der Waals surface area contributed by atoms with Gasteiger partial charge in [-0.2, -0.15) is 0 Å². The van der Waals surface area contributed by atoms with E-state index in [-0.39, 0.29) is 0 Å². The SMILES string of the molecule is C/C(=C\c1ccc(C(=O)O)cc1)c1ccc(C(C)C)s1. The van der Waals surface area contributed by atoms with Crippen LogP contribution >= 0.6 is 11.3 Å². The van der Waals surface area contributed by atoms with Crippen molar-refractivity contribution in [3.05, 3.63) is 57.3 Å². The van der Waals surface area contributed by atoms with Crippen LogP contribution in [0.3, 0.4) is 0 Å². The average molecular weight is 286 g/mol. The van der Waals surface area contributed by atoms with Gasteiger partial charge in [-0.15, -0.1) is 11.3 Å². The number of hydrogen-bond acceptors (Lipinski definition) is 2. The van der Waals surface area contributed by atoms with Gasteiger partial charge in [-0.25, -0.2) is 4.79 Å². The second-order valence-electron chi connectivity index (χ2n) is 5.11. The molecule has 1 heterocycles. The molecule has 2 rings (SSSR count). The summed E-state index contributed by atoms with van der Waals surface area (Å²) in [6.07, 6.45) is 2.08. The lowest BCUT2D eigenvalue weighted by Gasteiger charge is -2.01. The molecule has 0 atom stereocenters. The molecule has 0 fully saturated rings. The summed E-state index contributed by atoms with van der Waals surface area (Å²) >= 11 is 1.81. The Kier molecular flexibility index (Phi) is 4.40. The van der Waals surface area contributed by atoms with E-state index in [0.717, 1.165) is 5.56 Å². The molecule has 3 heteroatoms. The molecule has 0 saturated heterocycles. The Labute approximate surface area is 123 Å². The Hall–Kier alpha value is -1.87. The fourth-order valence-electron chi connectivity index (χ4n) is 1.92. The van der Waals surface area contributed by atoms with Crippen molar-refractivity contribution in [2.45, 2.75) is 26.7 Å². The second kappa shape index (κ2) is 6.06. The quantitative estimate of drug-likeness (QED) is 0.846. The fourth-order valence-corrected chi connectivity index (χ4v) is 2.90. The first-order valence-electron chi connectivity index (χ1n) is 6.59. The number of carboxylic acid groups (broad SMARTS) is 1. The molecule has 0 aliphatic carbocycles. The van der Waals surface area contributed by atoms with Crippen LogP contribution in [0.5, 0.6) is 0 Å². The van der Waals surface area contributed by atoms with Crippen molar-refractivity contribution >= 4 is 29.0 Å². The van der Waals surface area contributed by atoms with Gasteiger partial charge in [-0.3, -0.25) is 0 Å². The van der Waals surface area contributed by atoms with Crippen molar-refractivity contribution in [2.24, 2.45) is 0 Å². The normalized spacial score (nSPS) is 11.9. The fraction of sp³-hybridized carbons (Fsp3) is 0.235. The lowest BCUT2D eigenvalue weighted by Crippen LogP contribution is -1.94. The van der Waals surface area contributed by atoms with E-state index in [1.165, 1.54) is 15.3 Å². The molecule has 1 aromatic carbocycles. The molecule has 0 aliphatic rings. The van der Waals surface area contributed by atoms with Gasteiger partial charge in [0.1, 0.15) is 0 Å². The maximum absolute atomic E-state index is 10.8. The van der Waals surface area contributed by atoms with Crippen LogP contribution in [0.1, 0.15) is 52.4 Å². The first-order valence-corrected chi connectivity index (χ1v) is 7.41. The predicted octanol–water partition coefficient (Wildman–Crippen LogP) is 5.13. The van der Waals surface area contributed by atoms with Crippen LogP contribution < -0.4 is 0 Å². The zero-order valence-electron chi connectivity index (χ0n) is 11.9. The van der Waals surface area contributed by atoms with E-state index in [1.807, 2.05) is 23.5 Å². The molecule has 0 radical (unpaired) electrons. The molecule has 0 saturated carbocycles. The summed E-state index contributed by atoms with van der Waals surface area (Å²) < 4.78 is 0. The zero-order valence-corrected chi connectivity index (χ0v) is 12.7. The number of benzene rings is 1. The van der Waals surface area contributed by atoms with Gasteiger partial charge in [0, 0.05) is 9.75 Å². The molecular weight excluding hydrogens is 268 g/mol. The predicted molar refractivity (Wildman–Crippen MR) is 85.4 cm³/mol. The standard InChI is InChI=1S/C17H18O2S/c1-11(2)15-8-9-16(20-15)12(3)10-13-4-6-14(7-5-13)17(18)19/h4-11H,1-3H3,(H,18,19)/b12-10+. The third kappa shape index (κ3) is 3.36. The third-order valence-corrected chi connectivity index (χ3v) is 4.65. The summed E-state index contributed by atoms with van der Waals surface area (Å²) in [5, 5.41) is 8.88. The molecule has 0 spiro atoms. The van der Waals surface area contributed by atoms with E-state index in [1.54, 1.807) is 12.1 Å². The van der Waals surface area contributed by atoms with E-state index in [2.05, 4.69) is 39.0 Å². The maximum Gasteiger partial charge on any atom is 0.335 e. The average Bonchev–Trinajstić information content (AvgIpc) is 2.89. The summed E-state index contributed by atoms with van der Waals surface area (Å²) in [6.45, 7) is 6.47. The smallest absolute Gasteiger partial charge is 0.335 e. The number of allylic oxidation sites excluding steroid dienone is 1. The van der Waals surface area contributed by atoms with Gasteiger partial charge in [-0.05, 0) is 48.2 Å². The van der Waals surface area contributed by atoms with Gasteiger partial charge in [0.15, 0.2) is 0 Å². The lowest BCUT2D eigenvalue weighted by atomic mass is 10.1. The monoisotopic (exact) mass is 286 g/mol. The third-order valence-electron chi connectivity index (χ3n) is 3.13. The Morgan fingerprint density at radius 2 is 1.80 bits per heavy atom. The first kappa shape index (κ1) is 14.5. The van der Waals surface area contributed by atoms with Crippen molar-refractivity contribution in [1.82, 2.24) is 0 Å². The molecule has 1 aromatic heterocycles. The van der Waals surface area contributed by atoms with E-state index in [4.69, 9.17) is 5.11 Å². The Morgan fingerprint density at radius 3 is 2.30 bits per heavy atom. The highest BCUT2D eigenvalue weighted by Crippen LogP contribution is 2.29. The molecular formula is C17H18O2S. The molecule has 0 aliphatic heterocycles. The molecule has 0 unspecified atom stereocenters. The Balaban J connectivity index is 2.22.